The molecule has 0 aliphatic rings. The summed E-state index contributed by atoms with van der Waals surface area (Å²) < 4.78 is 1.93. The SMILES string of the molecule is CC(=O)NCCCn1cc(-c2ccnc3ccccc23)c(-c2ccccn2)n1. The lowest BCUT2D eigenvalue weighted by molar-refractivity contribution is -0.118. The van der Waals surface area contributed by atoms with Crippen molar-refractivity contribution in [3.63, 3.8) is 0 Å². The van der Waals surface area contributed by atoms with Gasteiger partial charge >= 0.3 is 0 Å². The fourth-order valence-electron chi connectivity index (χ4n) is 3.26. The fraction of sp³-hybridized carbons (Fsp3) is 0.182. The van der Waals surface area contributed by atoms with Gasteiger partial charge in [-0.2, -0.15) is 5.10 Å². The van der Waals surface area contributed by atoms with Crippen LogP contribution in [0, 0.1) is 0 Å². The summed E-state index contributed by atoms with van der Waals surface area (Å²) in [6.07, 6.45) is 6.46. The molecule has 0 aliphatic carbocycles. The van der Waals surface area contributed by atoms with Crippen molar-refractivity contribution in [3.05, 3.63) is 67.1 Å². The number of benzene rings is 1. The second-order valence-electron chi connectivity index (χ2n) is 6.58. The summed E-state index contributed by atoms with van der Waals surface area (Å²) >= 11 is 0. The van der Waals surface area contributed by atoms with Gasteiger partial charge in [-0.25, -0.2) is 0 Å². The van der Waals surface area contributed by atoms with Gasteiger partial charge in [0.15, 0.2) is 0 Å². The van der Waals surface area contributed by atoms with Crippen LogP contribution in [-0.2, 0) is 11.3 Å². The van der Waals surface area contributed by atoms with Gasteiger partial charge in [0.05, 0.1) is 11.2 Å². The maximum atomic E-state index is 11.1. The Bertz CT molecular complexity index is 1100. The summed E-state index contributed by atoms with van der Waals surface area (Å²) in [5.74, 6) is -0.0152. The third kappa shape index (κ3) is 3.76. The van der Waals surface area contributed by atoms with Gasteiger partial charge in [0, 0.05) is 49.6 Å². The molecule has 0 bridgehead atoms. The van der Waals surface area contributed by atoms with Crippen LogP contribution in [0.4, 0.5) is 0 Å². The molecule has 4 rings (SSSR count). The first-order chi connectivity index (χ1) is 13.7. The highest BCUT2D eigenvalue weighted by Gasteiger charge is 2.16. The molecular weight excluding hydrogens is 350 g/mol. The first kappa shape index (κ1) is 17.9. The molecule has 0 atom stereocenters. The van der Waals surface area contributed by atoms with E-state index in [1.165, 1.54) is 6.92 Å². The largest absolute Gasteiger partial charge is 0.356 e. The number of hydrogen-bond donors (Lipinski definition) is 1. The number of aryl methyl sites for hydroxylation is 1. The molecule has 1 aromatic carbocycles. The number of carbonyl (C=O) groups is 1. The number of nitrogens with one attached hydrogen (secondary N) is 1. The second-order valence-corrected chi connectivity index (χ2v) is 6.58. The van der Waals surface area contributed by atoms with Gasteiger partial charge < -0.3 is 5.32 Å². The van der Waals surface area contributed by atoms with Gasteiger partial charge in [0.1, 0.15) is 5.69 Å². The van der Waals surface area contributed by atoms with Crippen LogP contribution in [0.1, 0.15) is 13.3 Å². The van der Waals surface area contributed by atoms with Crippen molar-refractivity contribution in [2.75, 3.05) is 6.54 Å². The van der Waals surface area contributed by atoms with Crippen molar-refractivity contribution in [3.8, 4) is 22.5 Å². The monoisotopic (exact) mass is 371 g/mol. The molecule has 4 aromatic rings. The number of amides is 1. The average molecular weight is 371 g/mol. The van der Waals surface area contributed by atoms with Crippen LogP contribution >= 0.6 is 0 Å². The zero-order valence-corrected chi connectivity index (χ0v) is 15.7. The van der Waals surface area contributed by atoms with Crippen LogP contribution in [0.25, 0.3) is 33.4 Å². The van der Waals surface area contributed by atoms with Crippen LogP contribution in [-0.4, -0.2) is 32.2 Å². The molecule has 0 radical (unpaired) electrons. The summed E-state index contributed by atoms with van der Waals surface area (Å²) in [4.78, 5) is 20.0. The van der Waals surface area contributed by atoms with E-state index in [1.807, 2.05) is 53.3 Å². The molecule has 140 valence electrons. The van der Waals surface area contributed by atoms with Crippen molar-refractivity contribution in [2.45, 2.75) is 19.9 Å². The highest BCUT2D eigenvalue weighted by atomic mass is 16.1. The third-order valence-electron chi connectivity index (χ3n) is 4.55. The van der Waals surface area contributed by atoms with Gasteiger partial charge in [0.25, 0.3) is 0 Å². The Kier molecular flexibility index (Phi) is 5.10. The number of aromatic nitrogens is 4. The Balaban J connectivity index is 1.75. The number of pyridine rings is 2. The highest BCUT2D eigenvalue weighted by Crippen LogP contribution is 2.34. The van der Waals surface area contributed by atoms with Crippen molar-refractivity contribution in [2.24, 2.45) is 0 Å². The minimum atomic E-state index is -0.0152. The van der Waals surface area contributed by atoms with E-state index in [-0.39, 0.29) is 5.91 Å². The van der Waals surface area contributed by atoms with Crippen molar-refractivity contribution in [1.82, 2.24) is 25.1 Å². The Morgan fingerprint density at radius 3 is 2.68 bits per heavy atom. The molecule has 1 N–H and O–H groups in total. The number of para-hydroxylation sites is 1. The predicted molar refractivity (Wildman–Crippen MR) is 109 cm³/mol. The van der Waals surface area contributed by atoms with E-state index in [0.29, 0.717) is 13.1 Å². The van der Waals surface area contributed by atoms with Crippen LogP contribution < -0.4 is 5.32 Å². The molecule has 0 aliphatic heterocycles. The van der Waals surface area contributed by atoms with E-state index >= 15 is 0 Å². The number of nitrogens with zero attached hydrogens (tertiary/aromatic N) is 4. The normalized spacial score (nSPS) is 10.9. The summed E-state index contributed by atoms with van der Waals surface area (Å²) in [5.41, 5.74) is 4.73. The minimum absolute atomic E-state index is 0.0152. The number of carbonyl (C=O) groups excluding carboxylic acids is 1. The van der Waals surface area contributed by atoms with E-state index in [4.69, 9.17) is 5.10 Å². The second kappa shape index (κ2) is 8.00. The van der Waals surface area contributed by atoms with Crippen LogP contribution in [0.3, 0.4) is 0 Å². The molecule has 6 heteroatoms. The van der Waals surface area contributed by atoms with Gasteiger partial charge in [-0.15, -0.1) is 0 Å². The van der Waals surface area contributed by atoms with Crippen LogP contribution in [0.15, 0.2) is 67.1 Å². The molecule has 0 unspecified atom stereocenters. The first-order valence-electron chi connectivity index (χ1n) is 9.30. The van der Waals surface area contributed by atoms with Crippen LogP contribution in [0.2, 0.25) is 0 Å². The molecule has 28 heavy (non-hydrogen) atoms. The van der Waals surface area contributed by atoms with Crippen LogP contribution in [0.5, 0.6) is 0 Å². The molecule has 6 nitrogen and oxygen atoms in total. The Labute approximate surface area is 163 Å². The maximum absolute atomic E-state index is 11.1. The number of rotatable bonds is 6. The lowest BCUT2D eigenvalue weighted by atomic mass is 10.0. The number of fused-ring (bicyclic) bond motifs is 1. The van der Waals surface area contributed by atoms with Gasteiger partial charge in [-0.05, 0) is 36.2 Å². The number of hydrogen-bond acceptors (Lipinski definition) is 4. The van der Waals surface area contributed by atoms with Crippen molar-refractivity contribution >= 4 is 16.8 Å². The molecule has 0 saturated carbocycles. The third-order valence-corrected chi connectivity index (χ3v) is 4.55. The van der Waals surface area contributed by atoms with Crippen molar-refractivity contribution < 1.29 is 4.79 Å². The zero-order chi connectivity index (χ0) is 19.3. The molecule has 0 saturated heterocycles. The summed E-state index contributed by atoms with van der Waals surface area (Å²) in [6.45, 7) is 2.87. The predicted octanol–water partition coefficient (Wildman–Crippen LogP) is 3.69. The lowest BCUT2D eigenvalue weighted by Gasteiger charge is -2.06. The average Bonchev–Trinajstić information content (AvgIpc) is 3.15. The summed E-state index contributed by atoms with van der Waals surface area (Å²) in [5, 5.41) is 8.71. The van der Waals surface area contributed by atoms with E-state index in [1.54, 1.807) is 6.20 Å². The first-order valence-corrected chi connectivity index (χ1v) is 9.30. The topological polar surface area (TPSA) is 72.7 Å². The smallest absolute Gasteiger partial charge is 0.216 e. The summed E-state index contributed by atoms with van der Waals surface area (Å²) in [6, 6.07) is 16.0. The Morgan fingerprint density at radius 2 is 1.86 bits per heavy atom. The highest BCUT2D eigenvalue weighted by molar-refractivity contribution is 5.97. The van der Waals surface area contributed by atoms with E-state index in [9.17, 15) is 4.79 Å². The molecule has 0 spiro atoms. The molecule has 3 aromatic heterocycles. The molecule has 0 fully saturated rings. The van der Waals surface area contributed by atoms with E-state index in [0.717, 1.165) is 39.8 Å². The quantitative estimate of drug-likeness (QED) is 0.525. The standard InChI is InChI=1S/C22H21N5O/c1-16(28)23-12-6-14-27-15-19(22(26-27)21-9-4-5-11-24-21)17-10-13-25-20-8-3-2-7-18(17)20/h2-5,7-11,13,15H,6,12,14H2,1H3,(H,23,28). The summed E-state index contributed by atoms with van der Waals surface area (Å²) in [7, 11) is 0. The molecule has 3 heterocycles. The van der Waals surface area contributed by atoms with Gasteiger partial charge in [0.2, 0.25) is 5.91 Å². The lowest BCUT2D eigenvalue weighted by Crippen LogP contribution is -2.22. The Morgan fingerprint density at radius 1 is 1.00 bits per heavy atom. The van der Waals surface area contributed by atoms with E-state index in [2.05, 4.69) is 27.5 Å². The van der Waals surface area contributed by atoms with Gasteiger partial charge in [-0.1, -0.05) is 24.3 Å². The zero-order valence-electron chi connectivity index (χ0n) is 15.7. The molecule has 1 amide bonds. The van der Waals surface area contributed by atoms with Gasteiger partial charge in [-0.3, -0.25) is 19.4 Å². The Hall–Kier alpha value is -3.54. The van der Waals surface area contributed by atoms with E-state index < -0.39 is 0 Å². The van der Waals surface area contributed by atoms with Crippen molar-refractivity contribution in [1.29, 1.82) is 0 Å². The fourth-order valence-corrected chi connectivity index (χ4v) is 3.26. The maximum Gasteiger partial charge on any atom is 0.216 e. The minimum Gasteiger partial charge on any atom is -0.356 e. The molecular formula is C22H21N5O.